The van der Waals surface area contributed by atoms with E-state index in [2.05, 4.69) is 46.2 Å². The second kappa shape index (κ2) is 20.6. The monoisotopic (exact) mass is 654 g/mol. The van der Waals surface area contributed by atoms with Gasteiger partial charge < -0.3 is 61.0 Å². The normalized spacial score (nSPS) is 18.1. The smallest absolute Gasteiger partial charge is 1.00 e. The summed E-state index contributed by atoms with van der Waals surface area (Å²) in [5, 5.41) is 13.0. The Hall–Kier alpha value is -1.53. The molecule has 0 amide bonds. The number of hydrogen-bond donors (Lipinski definition) is 5. The number of hydrogen-bond acceptors (Lipinski definition) is 10. The summed E-state index contributed by atoms with van der Waals surface area (Å²) in [4.78, 5) is 21.4. The van der Waals surface area contributed by atoms with Gasteiger partial charge in [-0.25, -0.2) is 0 Å². The summed E-state index contributed by atoms with van der Waals surface area (Å²) in [6.07, 6.45) is 6.28. The van der Waals surface area contributed by atoms with Gasteiger partial charge in [-0.3, -0.25) is 25.0 Å². The van der Waals surface area contributed by atoms with Crippen LogP contribution < -0.4 is 61.0 Å². The van der Waals surface area contributed by atoms with Gasteiger partial charge in [-0.2, -0.15) is 0 Å². The van der Waals surface area contributed by atoms with Gasteiger partial charge in [0, 0.05) is 65.1 Å². The molecule has 0 bridgehead atoms. The third kappa shape index (κ3) is 12.8. The van der Waals surface area contributed by atoms with Crippen LogP contribution in [0.2, 0.25) is 0 Å². The molecule has 5 rings (SSSR count). The SMILES string of the molecule is C1CN=C(C2=NCCCN2)NC1.C1CN=C(C2=NCCCN2)NC1.NCc1ccccn1.[Br-].[Br-].[Fe+3]. The average Bonchev–Trinajstić information content (AvgIpc) is 2.92. The van der Waals surface area contributed by atoms with Crippen LogP contribution in [0.1, 0.15) is 31.4 Å². The van der Waals surface area contributed by atoms with Crippen molar-refractivity contribution in [1.82, 2.24) is 26.3 Å². The maximum atomic E-state index is 5.29. The van der Waals surface area contributed by atoms with Crippen molar-refractivity contribution in [3.8, 4) is 0 Å². The summed E-state index contributed by atoms with van der Waals surface area (Å²) in [6.45, 7) is 8.37. The fraction of sp³-hybridized carbons (Fsp3) is 0.591. The topological polar surface area (TPSA) is 136 Å². The summed E-state index contributed by atoms with van der Waals surface area (Å²) < 4.78 is 0. The Kier molecular flexibility index (Phi) is 19.7. The van der Waals surface area contributed by atoms with E-state index in [1.54, 1.807) is 6.20 Å². The predicted octanol–water partition coefficient (Wildman–Crippen LogP) is -5.91. The third-order valence-corrected chi connectivity index (χ3v) is 4.97. The Labute approximate surface area is 240 Å². The number of aliphatic imine (C=N–C) groups is 4. The minimum absolute atomic E-state index is 0. The first-order valence-corrected chi connectivity index (χ1v) is 11.6. The second-order valence-electron chi connectivity index (χ2n) is 7.57. The second-order valence-corrected chi connectivity index (χ2v) is 7.57. The van der Waals surface area contributed by atoms with Crippen molar-refractivity contribution in [1.29, 1.82) is 0 Å². The van der Waals surface area contributed by atoms with Crippen LogP contribution in [-0.2, 0) is 23.6 Å². The van der Waals surface area contributed by atoms with E-state index in [0.717, 1.165) is 107 Å². The Morgan fingerprint density at radius 3 is 1.20 bits per heavy atom. The molecule has 4 aliphatic rings. The molecule has 1 aromatic rings. The first kappa shape index (κ1) is 33.5. The molecule has 0 atom stereocenters. The molecule has 13 heteroatoms. The molecule has 195 valence electrons. The summed E-state index contributed by atoms with van der Waals surface area (Å²) in [5.74, 6) is 3.84. The average molecular weight is 656 g/mol. The molecule has 0 spiro atoms. The standard InChI is InChI=1S/2C8H14N4.C6H8N2.2BrH.Fe/c2*1-3-9-7(10-4-1)8-11-5-2-6-12-8;7-5-6-3-1-2-4-8-6;;;/h2*1-6H2,(H,9,10)(H,11,12);1-4H,5,7H2;2*1H;/q;;;;;+3/p-2. The molecule has 0 saturated carbocycles. The summed E-state index contributed by atoms with van der Waals surface area (Å²) in [6, 6.07) is 5.70. The number of nitrogens with two attached hydrogens (primary N) is 1. The van der Waals surface area contributed by atoms with E-state index in [1.807, 2.05) is 18.2 Å². The fourth-order valence-electron chi connectivity index (χ4n) is 3.28. The maximum absolute atomic E-state index is 5.29. The van der Waals surface area contributed by atoms with Crippen LogP contribution >= 0.6 is 0 Å². The van der Waals surface area contributed by atoms with Gasteiger partial charge in [0.05, 0.1) is 5.69 Å². The van der Waals surface area contributed by atoms with Crippen LogP contribution in [0.15, 0.2) is 44.4 Å². The van der Waals surface area contributed by atoms with E-state index in [-0.39, 0.29) is 51.0 Å². The largest absolute Gasteiger partial charge is 3.00 e. The zero-order valence-corrected chi connectivity index (χ0v) is 24.2. The Balaban J connectivity index is 0.000000485. The molecule has 10 nitrogen and oxygen atoms in total. The number of amidine groups is 4. The molecule has 0 saturated heterocycles. The van der Waals surface area contributed by atoms with Gasteiger partial charge in [0.2, 0.25) is 0 Å². The molecular weight excluding hydrogens is 620 g/mol. The van der Waals surface area contributed by atoms with Crippen molar-refractivity contribution >= 4 is 23.3 Å². The van der Waals surface area contributed by atoms with Gasteiger partial charge in [-0.05, 0) is 37.8 Å². The third-order valence-electron chi connectivity index (χ3n) is 4.97. The van der Waals surface area contributed by atoms with Gasteiger partial charge in [0.25, 0.3) is 0 Å². The van der Waals surface area contributed by atoms with E-state index in [0.29, 0.717) is 6.54 Å². The number of halogens is 2. The maximum Gasteiger partial charge on any atom is 3.00 e. The van der Waals surface area contributed by atoms with Gasteiger partial charge in [0.1, 0.15) is 0 Å². The Morgan fingerprint density at radius 1 is 0.629 bits per heavy atom. The van der Waals surface area contributed by atoms with E-state index < -0.39 is 0 Å². The first-order chi connectivity index (χ1) is 15.9. The van der Waals surface area contributed by atoms with Crippen LogP contribution in [0.4, 0.5) is 0 Å². The van der Waals surface area contributed by atoms with Crippen molar-refractivity contribution in [3.63, 3.8) is 0 Å². The van der Waals surface area contributed by atoms with Crippen LogP contribution in [0, 0.1) is 0 Å². The Bertz CT molecular complexity index is 722. The molecule has 0 aliphatic carbocycles. The number of nitrogens with zero attached hydrogens (tertiary/aromatic N) is 5. The number of pyridine rings is 1. The quantitative estimate of drug-likeness (QED) is 0.206. The number of aromatic nitrogens is 1. The van der Waals surface area contributed by atoms with Crippen LogP contribution in [0.5, 0.6) is 0 Å². The van der Waals surface area contributed by atoms with Crippen LogP contribution in [0.25, 0.3) is 0 Å². The minimum Gasteiger partial charge on any atom is -1.00 e. The molecule has 35 heavy (non-hydrogen) atoms. The van der Waals surface area contributed by atoms with Crippen molar-refractivity contribution in [2.24, 2.45) is 25.7 Å². The Morgan fingerprint density at radius 2 is 1.00 bits per heavy atom. The van der Waals surface area contributed by atoms with Crippen LogP contribution in [-0.4, -0.2) is 80.7 Å². The molecule has 0 unspecified atom stereocenters. The van der Waals surface area contributed by atoms with E-state index >= 15 is 0 Å². The fourth-order valence-corrected chi connectivity index (χ4v) is 3.28. The number of rotatable bonds is 3. The van der Waals surface area contributed by atoms with Crippen molar-refractivity contribution in [3.05, 3.63) is 30.1 Å². The van der Waals surface area contributed by atoms with Crippen molar-refractivity contribution in [2.75, 3.05) is 52.4 Å². The van der Waals surface area contributed by atoms with Crippen LogP contribution in [0.3, 0.4) is 0 Å². The first-order valence-electron chi connectivity index (χ1n) is 11.6. The molecule has 1 aromatic heterocycles. The molecular formula is C22H36Br2FeN10+. The minimum atomic E-state index is 0. The van der Waals surface area contributed by atoms with E-state index in [9.17, 15) is 0 Å². The van der Waals surface area contributed by atoms with Gasteiger partial charge in [-0.1, -0.05) is 6.07 Å². The van der Waals surface area contributed by atoms with E-state index in [1.165, 1.54) is 0 Å². The van der Waals surface area contributed by atoms with E-state index in [4.69, 9.17) is 5.73 Å². The predicted molar refractivity (Wildman–Crippen MR) is 132 cm³/mol. The molecule has 5 heterocycles. The molecule has 6 N–H and O–H groups in total. The van der Waals surface area contributed by atoms with Crippen molar-refractivity contribution in [2.45, 2.75) is 32.2 Å². The summed E-state index contributed by atoms with van der Waals surface area (Å²) >= 11 is 0. The number of nitrogens with one attached hydrogen (secondary N) is 4. The summed E-state index contributed by atoms with van der Waals surface area (Å²) in [5.41, 5.74) is 6.22. The zero-order chi connectivity index (χ0) is 22.3. The summed E-state index contributed by atoms with van der Waals surface area (Å²) in [7, 11) is 0. The molecule has 4 aliphatic heterocycles. The van der Waals surface area contributed by atoms with Crippen molar-refractivity contribution < 1.29 is 51.0 Å². The molecule has 1 radical (unpaired) electrons. The van der Waals surface area contributed by atoms with Gasteiger partial charge in [-0.15, -0.1) is 0 Å². The molecule has 0 fully saturated rings. The van der Waals surface area contributed by atoms with Gasteiger partial charge in [0.15, 0.2) is 23.3 Å². The zero-order valence-electron chi connectivity index (χ0n) is 19.9. The van der Waals surface area contributed by atoms with Gasteiger partial charge >= 0.3 is 17.1 Å². The molecule has 0 aromatic carbocycles.